The van der Waals surface area contributed by atoms with E-state index in [1.165, 1.54) is 36.5 Å². The Morgan fingerprint density at radius 1 is 0.889 bits per heavy atom. The fraction of sp³-hybridized carbons (Fsp3) is 0. The third-order valence-corrected chi connectivity index (χ3v) is 4.12. The molecular formula is C19H9F4N3O. The number of hydrogen-bond donors (Lipinski definition) is 1. The van der Waals surface area contributed by atoms with Gasteiger partial charge in [-0.2, -0.15) is 0 Å². The number of aldehydes is 1. The molecule has 1 N–H and O–H groups in total. The molecule has 0 amide bonds. The molecule has 0 bridgehead atoms. The number of rotatable bonds is 3. The third-order valence-electron chi connectivity index (χ3n) is 4.12. The van der Waals surface area contributed by atoms with Gasteiger partial charge >= 0.3 is 0 Å². The van der Waals surface area contributed by atoms with Crippen molar-refractivity contribution in [2.45, 2.75) is 0 Å². The fourth-order valence-electron chi connectivity index (χ4n) is 2.87. The molecule has 0 unspecified atom stereocenters. The lowest BCUT2D eigenvalue weighted by Gasteiger charge is -2.10. The maximum Gasteiger partial charge on any atom is 0.173 e. The maximum absolute atomic E-state index is 14.7. The first-order valence-electron chi connectivity index (χ1n) is 7.73. The van der Waals surface area contributed by atoms with Gasteiger partial charge in [0.1, 0.15) is 5.82 Å². The van der Waals surface area contributed by atoms with Crippen molar-refractivity contribution in [2.24, 2.45) is 0 Å². The molecular weight excluding hydrogens is 362 g/mol. The summed E-state index contributed by atoms with van der Waals surface area (Å²) in [5.41, 5.74) is -1.34. The first-order valence-corrected chi connectivity index (χ1v) is 7.73. The van der Waals surface area contributed by atoms with E-state index >= 15 is 0 Å². The molecule has 0 atom stereocenters. The minimum Gasteiger partial charge on any atom is -0.338 e. The smallest absolute Gasteiger partial charge is 0.173 e. The number of nitrogens with zero attached hydrogens (tertiary/aromatic N) is 2. The molecule has 0 spiro atoms. The summed E-state index contributed by atoms with van der Waals surface area (Å²) in [6, 6.07) is 7.18. The van der Waals surface area contributed by atoms with Gasteiger partial charge in [-0.1, -0.05) is 12.1 Å². The summed E-state index contributed by atoms with van der Waals surface area (Å²) in [5, 5.41) is 0. The van der Waals surface area contributed by atoms with E-state index in [9.17, 15) is 22.4 Å². The molecule has 0 aliphatic rings. The minimum atomic E-state index is -1.60. The summed E-state index contributed by atoms with van der Waals surface area (Å²) in [7, 11) is 0. The second kappa shape index (κ2) is 6.31. The van der Waals surface area contributed by atoms with Crippen LogP contribution in [-0.2, 0) is 0 Å². The monoisotopic (exact) mass is 371 g/mol. The largest absolute Gasteiger partial charge is 0.338 e. The van der Waals surface area contributed by atoms with E-state index in [-0.39, 0.29) is 16.6 Å². The Hall–Kier alpha value is -3.55. The number of pyridine rings is 1. The summed E-state index contributed by atoms with van der Waals surface area (Å²) in [5.74, 6) is -6.75. The summed E-state index contributed by atoms with van der Waals surface area (Å²) < 4.78 is 58.4. The van der Waals surface area contributed by atoms with Crippen LogP contribution in [-0.4, -0.2) is 21.2 Å². The average Bonchev–Trinajstić information content (AvgIpc) is 3.11. The van der Waals surface area contributed by atoms with Crippen molar-refractivity contribution in [3.63, 3.8) is 0 Å². The number of nitrogens with one attached hydrogen (secondary N) is 1. The Kier molecular flexibility index (Phi) is 3.95. The SMILES string of the molecule is O=Cc1cccc2[nH]c(-c3c(F)c(F)c(-c4cccnc4)c(F)c3F)nc12. The number of para-hydroxylation sites is 1. The lowest BCUT2D eigenvalue weighted by Crippen LogP contribution is -2.04. The predicted molar refractivity (Wildman–Crippen MR) is 90.0 cm³/mol. The first-order chi connectivity index (χ1) is 13.0. The van der Waals surface area contributed by atoms with Crippen LogP contribution in [0.5, 0.6) is 0 Å². The van der Waals surface area contributed by atoms with E-state index in [0.717, 1.165) is 6.20 Å². The topological polar surface area (TPSA) is 58.6 Å². The summed E-state index contributed by atoms with van der Waals surface area (Å²) >= 11 is 0. The van der Waals surface area contributed by atoms with Crippen LogP contribution in [0.25, 0.3) is 33.5 Å². The van der Waals surface area contributed by atoms with Gasteiger partial charge in [0.05, 0.1) is 22.2 Å². The van der Waals surface area contributed by atoms with Crippen molar-refractivity contribution < 1.29 is 22.4 Å². The van der Waals surface area contributed by atoms with Crippen LogP contribution >= 0.6 is 0 Å². The summed E-state index contributed by atoms with van der Waals surface area (Å²) in [6.07, 6.45) is 2.98. The number of imidazole rings is 1. The Morgan fingerprint density at radius 3 is 2.22 bits per heavy atom. The molecule has 2 aromatic heterocycles. The molecule has 0 aliphatic heterocycles. The molecule has 0 saturated heterocycles. The molecule has 0 radical (unpaired) electrons. The van der Waals surface area contributed by atoms with E-state index in [0.29, 0.717) is 11.8 Å². The van der Waals surface area contributed by atoms with Crippen molar-refractivity contribution >= 4 is 17.3 Å². The summed E-state index contributed by atoms with van der Waals surface area (Å²) in [6.45, 7) is 0. The average molecular weight is 371 g/mol. The maximum atomic E-state index is 14.7. The van der Waals surface area contributed by atoms with E-state index in [2.05, 4.69) is 15.0 Å². The minimum absolute atomic E-state index is 0.107. The molecule has 0 fully saturated rings. The van der Waals surface area contributed by atoms with Crippen molar-refractivity contribution in [1.82, 2.24) is 15.0 Å². The molecule has 134 valence electrons. The molecule has 27 heavy (non-hydrogen) atoms. The summed E-state index contributed by atoms with van der Waals surface area (Å²) in [4.78, 5) is 21.3. The Labute approximate surface area is 149 Å². The highest BCUT2D eigenvalue weighted by Crippen LogP contribution is 2.36. The predicted octanol–water partition coefficient (Wildman–Crippen LogP) is 4.66. The van der Waals surface area contributed by atoms with Crippen LogP contribution in [0.15, 0.2) is 42.7 Å². The second-order valence-corrected chi connectivity index (χ2v) is 5.69. The van der Waals surface area contributed by atoms with E-state index in [1.54, 1.807) is 0 Å². The lowest BCUT2D eigenvalue weighted by molar-refractivity contribution is 0.112. The molecule has 4 rings (SSSR count). The molecule has 2 heterocycles. The Morgan fingerprint density at radius 2 is 1.59 bits per heavy atom. The quantitative estimate of drug-likeness (QED) is 0.324. The van der Waals surface area contributed by atoms with Crippen molar-refractivity contribution in [2.75, 3.05) is 0 Å². The standard InChI is InChI=1S/C19H9F4N3O/c20-14-12(9-4-2-6-24-7-9)15(21)17(23)13(16(14)22)19-25-11-5-1-3-10(8-27)18(11)26-19/h1-8H,(H,25,26). The van der Waals surface area contributed by atoms with Gasteiger partial charge in [0.25, 0.3) is 0 Å². The molecule has 0 saturated carbocycles. The van der Waals surface area contributed by atoms with Gasteiger partial charge in [0.2, 0.25) is 0 Å². The number of hydrogen-bond acceptors (Lipinski definition) is 3. The van der Waals surface area contributed by atoms with Crippen LogP contribution in [0.4, 0.5) is 17.6 Å². The molecule has 2 aromatic carbocycles. The van der Waals surface area contributed by atoms with Gasteiger partial charge in [-0.25, -0.2) is 22.5 Å². The zero-order valence-corrected chi connectivity index (χ0v) is 13.4. The number of aromatic nitrogens is 3. The zero-order valence-electron chi connectivity index (χ0n) is 13.4. The highest BCUT2D eigenvalue weighted by atomic mass is 19.2. The number of halogens is 4. The third kappa shape index (κ3) is 2.57. The highest BCUT2D eigenvalue weighted by Gasteiger charge is 2.29. The van der Waals surface area contributed by atoms with Crippen LogP contribution in [0.2, 0.25) is 0 Å². The van der Waals surface area contributed by atoms with Crippen LogP contribution in [0.1, 0.15) is 10.4 Å². The number of carbonyl (C=O) groups excluding carboxylic acids is 1. The van der Waals surface area contributed by atoms with Gasteiger partial charge in [0.15, 0.2) is 29.6 Å². The zero-order chi connectivity index (χ0) is 19.1. The fourth-order valence-corrected chi connectivity index (χ4v) is 2.87. The van der Waals surface area contributed by atoms with Crippen molar-refractivity contribution in [3.8, 4) is 22.5 Å². The Bertz CT molecular complexity index is 1160. The number of aromatic amines is 1. The van der Waals surface area contributed by atoms with Gasteiger partial charge in [-0.15, -0.1) is 0 Å². The van der Waals surface area contributed by atoms with Gasteiger partial charge in [-0.05, 0) is 18.2 Å². The number of benzene rings is 2. The highest BCUT2D eigenvalue weighted by molar-refractivity contribution is 5.95. The second-order valence-electron chi connectivity index (χ2n) is 5.69. The van der Waals surface area contributed by atoms with Crippen molar-refractivity contribution in [3.05, 3.63) is 71.6 Å². The van der Waals surface area contributed by atoms with E-state index in [4.69, 9.17) is 0 Å². The van der Waals surface area contributed by atoms with Crippen molar-refractivity contribution in [1.29, 1.82) is 0 Å². The van der Waals surface area contributed by atoms with Gasteiger partial charge < -0.3 is 4.98 Å². The van der Waals surface area contributed by atoms with E-state index in [1.807, 2.05) is 0 Å². The number of H-pyrrole nitrogens is 1. The van der Waals surface area contributed by atoms with Gasteiger partial charge in [-0.3, -0.25) is 9.78 Å². The molecule has 4 aromatic rings. The van der Waals surface area contributed by atoms with Gasteiger partial charge in [0, 0.05) is 23.5 Å². The molecule has 0 aliphatic carbocycles. The van der Waals surface area contributed by atoms with Crippen LogP contribution < -0.4 is 0 Å². The first kappa shape index (κ1) is 16.9. The van der Waals surface area contributed by atoms with E-state index < -0.39 is 40.2 Å². The number of carbonyl (C=O) groups is 1. The molecule has 8 heteroatoms. The molecule has 4 nitrogen and oxygen atoms in total. The van der Waals surface area contributed by atoms with Crippen LogP contribution in [0, 0.1) is 23.3 Å². The Balaban J connectivity index is 1.99. The lowest BCUT2D eigenvalue weighted by atomic mass is 10.0. The van der Waals surface area contributed by atoms with Crippen LogP contribution in [0.3, 0.4) is 0 Å². The normalized spacial score (nSPS) is 11.1. The number of fused-ring (bicyclic) bond motifs is 1.